The Labute approximate surface area is 179 Å². The van der Waals surface area contributed by atoms with Crippen molar-refractivity contribution in [1.82, 2.24) is 5.32 Å². The van der Waals surface area contributed by atoms with Gasteiger partial charge >= 0.3 is 12.1 Å². The summed E-state index contributed by atoms with van der Waals surface area (Å²) in [5.74, 6) is -1.28. The number of benzene rings is 2. The van der Waals surface area contributed by atoms with Crippen molar-refractivity contribution in [3.05, 3.63) is 56.6 Å². The first-order valence-corrected chi connectivity index (χ1v) is 9.83. The van der Waals surface area contributed by atoms with E-state index in [0.717, 1.165) is 11.1 Å². The average Bonchev–Trinajstić information content (AvgIpc) is 2.81. The number of amides is 1. The average molecular weight is 456 g/mol. The van der Waals surface area contributed by atoms with Gasteiger partial charge in [-0.3, -0.25) is 14.9 Å². The van der Waals surface area contributed by atoms with E-state index in [1.54, 1.807) is 12.1 Å². The lowest BCUT2D eigenvalue weighted by atomic mass is 9.88. The Hall–Kier alpha value is -3.01. The van der Waals surface area contributed by atoms with Gasteiger partial charge in [0.2, 0.25) is 0 Å². The second kappa shape index (κ2) is 7.60. The summed E-state index contributed by atoms with van der Waals surface area (Å²) in [6.45, 7) is 2.15. The zero-order valence-corrected chi connectivity index (χ0v) is 17.0. The second-order valence-corrected chi connectivity index (χ2v) is 7.93. The molecule has 4 rings (SSSR count). The van der Waals surface area contributed by atoms with E-state index in [4.69, 9.17) is 16.3 Å². The topological polar surface area (TPSA) is 84.7 Å². The Bertz CT molecular complexity index is 1080. The van der Waals surface area contributed by atoms with Crippen LogP contribution in [0.4, 0.5) is 24.5 Å². The summed E-state index contributed by atoms with van der Waals surface area (Å²) in [5.41, 5.74) is 1.81. The molecule has 1 N–H and O–H groups in total. The normalized spacial score (nSPS) is 20.0. The number of nitrogens with zero attached hydrogens (tertiary/aromatic N) is 2. The number of piperidine rings is 1. The smallest absolute Gasteiger partial charge is 0.455 e. The van der Waals surface area contributed by atoms with E-state index in [2.05, 4.69) is 5.32 Å². The van der Waals surface area contributed by atoms with Crippen LogP contribution in [0.3, 0.4) is 0 Å². The van der Waals surface area contributed by atoms with Crippen molar-refractivity contribution in [2.75, 3.05) is 11.4 Å². The molecule has 1 fully saturated rings. The number of alkyl halides is 3. The number of hydrogen-bond acceptors (Lipinski definition) is 5. The summed E-state index contributed by atoms with van der Waals surface area (Å²) in [4.78, 5) is 24.1. The maximum absolute atomic E-state index is 12.7. The molecule has 1 saturated heterocycles. The molecule has 2 heterocycles. The monoisotopic (exact) mass is 455 g/mol. The van der Waals surface area contributed by atoms with Gasteiger partial charge in [-0.25, -0.2) is 0 Å². The van der Waals surface area contributed by atoms with Crippen LogP contribution in [0.1, 0.15) is 30.0 Å². The minimum atomic E-state index is -4.96. The zero-order valence-electron chi connectivity index (χ0n) is 16.2. The number of carbonyl (C=O) groups is 1. The Kier molecular flexibility index (Phi) is 5.20. The molecule has 7 nitrogen and oxygen atoms in total. The fraction of sp³-hybridized carbons (Fsp3) is 0.350. The number of nitro benzene ring substituents is 1. The fourth-order valence-electron chi connectivity index (χ4n) is 4.19. The molecule has 0 saturated carbocycles. The first-order chi connectivity index (χ1) is 14.6. The molecule has 2 atom stereocenters. The lowest BCUT2D eigenvalue weighted by Crippen LogP contribution is -2.49. The Morgan fingerprint density at radius 3 is 2.74 bits per heavy atom. The maximum Gasteiger partial charge on any atom is 0.471 e. The van der Waals surface area contributed by atoms with Gasteiger partial charge in [0, 0.05) is 18.2 Å². The van der Waals surface area contributed by atoms with Gasteiger partial charge in [0.05, 0.1) is 22.7 Å². The Morgan fingerprint density at radius 2 is 2.06 bits per heavy atom. The van der Waals surface area contributed by atoms with Crippen LogP contribution in [0.25, 0.3) is 0 Å². The molecule has 0 aromatic heterocycles. The molecule has 164 valence electrons. The molecule has 0 bridgehead atoms. The number of halogens is 4. The Balaban J connectivity index is 1.78. The molecular formula is C20H17ClF3N3O4. The van der Waals surface area contributed by atoms with Crippen LogP contribution in [0, 0.1) is 17.0 Å². The molecule has 0 radical (unpaired) electrons. The summed E-state index contributed by atoms with van der Waals surface area (Å²) in [7, 11) is 0. The molecule has 0 aliphatic carbocycles. The van der Waals surface area contributed by atoms with E-state index in [0.29, 0.717) is 18.0 Å². The number of anilines is 1. The van der Waals surface area contributed by atoms with Gasteiger partial charge < -0.3 is 15.0 Å². The van der Waals surface area contributed by atoms with Gasteiger partial charge in [0.1, 0.15) is 10.8 Å². The van der Waals surface area contributed by atoms with E-state index < -0.39 is 29.1 Å². The van der Waals surface area contributed by atoms with Gasteiger partial charge in [0.25, 0.3) is 5.69 Å². The second-order valence-electron chi connectivity index (χ2n) is 7.52. The molecule has 11 heteroatoms. The summed E-state index contributed by atoms with van der Waals surface area (Å²) >= 11 is 6.13. The molecule has 0 spiro atoms. The first kappa shape index (κ1) is 21.2. The number of hydrogen-bond donors (Lipinski definition) is 1. The largest absolute Gasteiger partial charge is 0.471 e. The third-order valence-electron chi connectivity index (χ3n) is 5.57. The van der Waals surface area contributed by atoms with E-state index in [-0.39, 0.29) is 29.3 Å². The van der Waals surface area contributed by atoms with Crippen LogP contribution < -0.4 is 15.0 Å². The van der Waals surface area contributed by atoms with Crippen molar-refractivity contribution in [3.8, 4) is 11.5 Å². The summed E-state index contributed by atoms with van der Waals surface area (Å²) < 4.78 is 44.2. The van der Waals surface area contributed by atoms with E-state index in [9.17, 15) is 28.1 Å². The van der Waals surface area contributed by atoms with Crippen LogP contribution in [-0.4, -0.2) is 29.6 Å². The van der Waals surface area contributed by atoms with Crippen LogP contribution in [0.2, 0.25) is 5.02 Å². The minimum absolute atomic E-state index is 0.0683. The van der Waals surface area contributed by atoms with Gasteiger partial charge in [-0.05, 0) is 37.5 Å². The number of nitrogens with one attached hydrogen (secondary N) is 1. The maximum atomic E-state index is 12.7. The lowest BCUT2D eigenvalue weighted by molar-refractivity contribution is -0.384. The summed E-state index contributed by atoms with van der Waals surface area (Å²) in [6, 6.07) is 6.90. The first-order valence-electron chi connectivity index (χ1n) is 9.46. The van der Waals surface area contributed by atoms with Gasteiger partial charge in [-0.2, -0.15) is 13.2 Å². The molecular weight excluding hydrogens is 439 g/mol. The standard InChI is InChI=1S/C20H17ClF3N3O4/c1-10-3-2-4-16-18(10)15-7-11(25-19(28)20(22,23)24)5-6-26(15)14-8-12(21)13(27(29)30)9-17(14)31-16/h2-4,8-9,11,15H,5-7H2,1H3,(H,25,28)/t11-,15-/m0/s1. The van der Waals surface area contributed by atoms with Crippen molar-refractivity contribution < 1.29 is 27.6 Å². The fourth-order valence-corrected chi connectivity index (χ4v) is 4.42. The van der Waals surface area contributed by atoms with Gasteiger partial charge in [-0.1, -0.05) is 23.7 Å². The molecule has 2 aromatic carbocycles. The Morgan fingerprint density at radius 1 is 1.32 bits per heavy atom. The highest BCUT2D eigenvalue weighted by Crippen LogP contribution is 2.50. The van der Waals surface area contributed by atoms with Crippen LogP contribution in [-0.2, 0) is 4.79 Å². The predicted molar refractivity (Wildman–Crippen MR) is 107 cm³/mol. The van der Waals surface area contributed by atoms with Gasteiger partial charge in [0.15, 0.2) is 5.75 Å². The third-order valence-corrected chi connectivity index (χ3v) is 5.87. The molecule has 2 aromatic rings. The molecule has 2 aliphatic heterocycles. The van der Waals surface area contributed by atoms with Crippen molar-refractivity contribution in [1.29, 1.82) is 0 Å². The van der Waals surface area contributed by atoms with Crippen molar-refractivity contribution in [2.24, 2.45) is 0 Å². The van der Waals surface area contributed by atoms with E-state index >= 15 is 0 Å². The zero-order chi connectivity index (χ0) is 22.5. The van der Waals surface area contributed by atoms with E-state index in [1.807, 2.05) is 17.9 Å². The number of rotatable bonds is 2. The molecule has 0 unspecified atom stereocenters. The molecule has 2 aliphatic rings. The predicted octanol–water partition coefficient (Wildman–Crippen LogP) is 5.05. The van der Waals surface area contributed by atoms with Crippen LogP contribution in [0.5, 0.6) is 11.5 Å². The van der Waals surface area contributed by atoms with Gasteiger partial charge in [-0.15, -0.1) is 0 Å². The highest BCUT2D eigenvalue weighted by Gasteiger charge is 2.42. The quantitative estimate of drug-likeness (QED) is 0.506. The minimum Gasteiger partial charge on any atom is -0.455 e. The number of carbonyl (C=O) groups excluding carboxylic acids is 1. The number of nitro groups is 1. The highest BCUT2D eigenvalue weighted by molar-refractivity contribution is 6.33. The van der Waals surface area contributed by atoms with Crippen molar-refractivity contribution in [2.45, 2.75) is 38.0 Å². The molecule has 1 amide bonds. The molecule has 31 heavy (non-hydrogen) atoms. The van der Waals surface area contributed by atoms with Crippen LogP contribution in [0.15, 0.2) is 30.3 Å². The SMILES string of the molecule is Cc1cccc2c1[C@@H]1C[C@@H](NC(=O)C(F)(F)F)CCN1c1cc(Cl)c([N+](=O)[O-])cc1O2. The lowest BCUT2D eigenvalue weighted by Gasteiger charge is -2.41. The number of fused-ring (bicyclic) bond motifs is 5. The third kappa shape index (κ3) is 3.87. The summed E-state index contributed by atoms with van der Waals surface area (Å²) in [6.07, 6.45) is -4.50. The number of aryl methyl sites for hydroxylation is 1. The van der Waals surface area contributed by atoms with Crippen molar-refractivity contribution in [3.63, 3.8) is 0 Å². The highest BCUT2D eigenvalue weighted by atomic mass is 35.5. The van der Waals surface area contributed by atoms with Crippen molar-refractivity contribution >= 4 is 28.9 Å². The number of ether oxygens (including phenoxy) is 1. The summed E-state index contributed by atoms with van der Waals surface area (Å²) in [5, 5.41) is 13.3. The van der Waals surface area contributed by atoms with Crippen LogP contribution >= 0.6 is 11.6 Å². The van der Waals surface area contributed by atoms with E-state index in [1.165, 1.54) is 12.1 Å².